The first-order valence-electron chi connectivity index (χ1n) is 8.65. The molecular weight excluding hydrogens is 308 g/mol. The Balaban J connectivity index is 1.85. The third-order valence-corrected chi connectivity index (χ3v) is 5.96. The Morgan fingerprint density at radius 1 is 1.26 bits per heavy atom. The fourth-order valence-corrected chi connectivity index (χ4v) is 4.11. The van der Waals surface area contributed by atoms with Crippen LogP contribution in [0, 0.1) is 18.8 Å². The van der Waals surface area contributed by atoms with E-state index in [2.05, 4.69) is 23.5 Å². The molecular formula is C18H30N2O2S. The van der Waals surface area contributed by atoms with Crippen LogP contribution in [0.1, 0.15) is 38.7 Å². The summed E-state index contributed by atoms with van der Waals surface area (Å²) >= 11 is 0. The Hall–Kier alpha value is -0.910. The maximum Gasteiger partial charge on any atom is 0.240 e. The van der Waals surface area contributed by atoms with Crippen molar-refractivity contribution in [2.75, 3.05) is 26.2 Å². The van der Waals surface area contributed by atoms with E-state index in [0.29, 0.717) is 17.4 Å². The molecule has 1 aliphatic heterocycles. The number of benzene rings is 1. The average Bonchev–Trinajstić information content (AvgIpc) is 2.52. The molecule has 1 unspecified atom stereocenters. The van der Waals surface area contributed by atoms with E-state index in [4.69, 9.17) is 0 Å². The maximum atomic E-state index is 12.4. The lowest BCUT2D eigenvalue weighted by molar-refractivity contribution is 0.168. The van der Waals surface area contributed by atoms with Gasteiger partial charge in [-0.05, 0) is 63.2 Å². The molecule has 2 rings (SSSR count). The van der Waals surface area contributed by atoms with Gasteiger partial charge in [-0.25, -0.2) is 13.1 Å². The summed E-state index contributed by atoms with van der Waals surface area (Å²) in [7, 11) is -3.39. The van der Waals surface area contributed by atoms with E-state index < -0.39 is 10.0 Å². The van der Waals surface area contributed by atoms with Gasteiger partial charge in [0.25, 0.3) is 0 Å². The second-order valence-corrected chi connectivity index (χ2v) is 8.92. The first-order chi connectivity index (χ1) is 10.9. The lowest BCUT2D eigenvalue weighted by Gasteiger charge is -2.33. The Labute approximate surface area is 141 Å². The van der Waals surface area contributed by atoms with Gasteiger partial charge in [0.05, 0.1) is 4.90 Å². The summed E-state index contributed by atoms with van der Waals surface area (Å²) in [5.74, 6) is 1.13. The van der Waals surface area contributed by atoms with E-state index in [9.17, 15) is 8.42 Å². The number of piperidine rings is 1. The second kappa shape index (κ2) is 8.27. The highest BCUT2D eigenvalue weighted by molar-refractivity contribution is 7.89. The molecule has 1 saturated heterocycles. The molecule has 0 spiro atoms. The number of hydrogen-bond acceptors (Lipinski definition) is 3. The van der Waals surface area contributed by atoms with Crippen molar-refractivity contribution in [1.29, 1.82) is 0 Å². The molecule has 4 nitrogen and oxygen atoms in total. The van der Waals surface area contributed by atoms with Crippen LogP contribution >= 0.6 is 0 Å². The normalized spacial score (nSPS) is 20.1. The number of nitrogens with one attached hydrogen (secondary N) is 1. The van der Waals surface area contributed by atoms with Crippen LogP contribution in [0.15, 0.2) is 29.2 Å². The lowest BCUT2D eigenvalue weighted by Crippen LogP contribution is -2.41. The van der Waals surface area contributed by atoms with Crippen molar-refractivity contribution in [3.05, 3.63) is 29.8 Å². The molecule has 0 amide bonds. The molecule has 1 heterocycles. The monoisotopic (exact) mass is 338 g/mol. The van der Waals surface area contributed by atoms with Crippen LogP contribution in [-0.2, 0) is 10.0 Å². The molecule has 0 radical (unpaired) electrons. The zero-order chi connectivity index (χ0) is 16.9. The minimum atomic E-state index is -3.39. The van der Waals surface area contributed by atoms with Crippen LogP contribution in [0.4, 0.5) is 0 Å². The highest BCUT2D eigenvalue weighted by Crippen LogP contribution is 2.18. The SMILES string of the molecule is Cc1ccc(S(=O)(=O)NCC2CCCN(CCC(C)C)C2)cc1. The van der Waals surface area contributed by atoms with Gasteiger partial charge in [-0.15, -0.1) is 0 Å². The minimum absolute atomic E-state index is 0.357. The smallest absolute Gasteiger partial charge is 0.240 e. The molecule has 23 heavy (non-hydrogen) atoms. The van der Waals surface area contributed by atoms with Gasteiger partial charge in [0.2, 0.25) is 10.0 Å². The van der Waals surface area contributed by atoms with Gasteiger partial charge in [-0.2, -0.15) is 0 Å². The minimum Gasteiger partial charge on any atom is -0.303 e. The van der Waals surface area contributed by atoms with Gasteiger partial charge in [-0.1, -0.05) is 31.5 Å². The van der Waals surface area contributed by atoms with Gasteiger partial charge in [0, 0.05) is 13.1 Å². The van der Waals surface area contributed by atoms with Crippen molar-refractivity contribution in [2.24, 2.45) is 11.8 Å². The zero-order valence-electron chi connectivity index (χ0n) is 14.6. The molecule has 0 bridgehead atoms. The van der Waals surface area contributed by atoms with Crippen molar-refractivity contribution in [2.45, 2.75) is 44.9 Å². The fraction of sp³-hybridized carbons (Fsp3) is 0.667. The average molecular weight is 339 g/mol. The van der Waals surface area contributed by atoms with E-state index in [-0.39, 0.29) is 0 Å². The van der Waals surface area contributed by atoms with Crippen LogP contribution in [0.5, 0.6) is 0 Å². The molecule has 1 aromatic rings. The quantitative estimate of drug-likeness (QED) is 0.831. The summed E-state index contributed by atoms with van der Waals surface area (Å²) in [5.41, 5.74) is 1.07. The summed E-state index contributed by atoms with van der Waals surface area (Å²) < 4.78 is 27.5. The Morgan fingerprint density at radius 3 is 2.61 bits per heavy atom. The number of aryl methyl sites for hydroxylation is 1. The van der Waals surface area contributed by atoms with Crippen molar-refractivity contribution < 1.29 is 8.42 Å². The van der Waals surface area contributed by atoms with Gasteiger partial charge in [0.1, 0.15) is 0 Å². The molecule has 1 N–H and O–H groups in total. The van der Waals surface area contributed by atoms with Crippen LogP contribution in [0.2, 0.25) is 0 Å². The highest BCUT2D eigenvalue weighted by atomic mass is 32.2. The first kappa shape index (κ1) is 18.4. The molecule has 1 fully saturated rings. The molecule has 1 atom stereocenters. The number of nitrogens with zero attached hydrogens (tertiary/aromatic N) is 1. The van der Waals surface area contributed by atoms with E-state index >= 15 is 0 Å². The number of rotatable bonds is 7. The predicted molar refractivity (Wildman–Crippen MR) is 95.0 cm³/mol. The van der Waals surface area contributed by atoms with Crippen LogP contribution in [-0.4, -0.2) is 39.5 Å². The van der Waals surface area contributed by atoms with Crippen molar-refractivity contribution in [3.63, 3.8) is 0 Å². The van der Waals surface area contributed by atoms with E-state index in [1.165, 1.54) is 6.42 Å². The standard InChI is InChI=1S/C18H30N2O2S/c1-15(2)10-12-20-11-4-5-17(14-20)13-19-23(21,22)18-8-6-16(3)7-9-18/h6-9,15,17,19H,4-5,10-14H2,1-3H3. The van der Waals surface area contributed by atoms with Crippen LogP contribution in [0.25, 0.3) is 0 Å². The van der Waals surface area contributed by atoms with Crippen molar-refractivity contribution in [1.82, 2.24) is 9.62 Å². The topological polar surface area (TPSA) is 49.4 Å². The van der Waals surface area contributed by atoms with Gasteiger partial charge >= 0.3 is 0 Å². The zero-order valence-corrected chi connectivity index (χ0v) is 15.4. The molecule has 0 saturated carbocycles. The van der Waals surface area contributed by atoms with Gasteiger partial charge in [-0.3, -0.25) is 0 Å². The van der Waals surface area contributed by atoms with Gasteiger partial charge < -0.3 is 4.90 Å². The maximum absolute atomic E-state index is 12.4. The third kappa shape index (κ3) is 5.90. The van der Waals surface area contributed by atoms with Crippen LogP contribution in [0.3, 0.4) is 0 Å². The Kier molecular flexibility index (Phi) is 6.62. The summed E-state index contributed by atoms with van der Waals surface area (Å²) in [6, 6.07) is 7.02. The molecule has 5 heteroatoms. The largest absolute Gasteiger partial charge is 0.303 e. The lowest BCUT2D eigenvalue weighted by atomic mass is 9.97. The van der Waals surface area contributed by atoms with Crippen LogP contribution < -0.4 is 4.72 Å². The predicted octanol–water partition coefficient (Wildman–Crippen LogP) is 3.03. The number of sulfonamides is 1. The number of hydrogen-bond donors (Lipinski definition) is 1. The molecule has 1 aliphatic rings. The summed E-state index contributed by atoms with van der Waals surface area (Å²) in [6.45, 7) is 10.3. The van der Waals surface area contributed by atoms with Crippen molar-refractivity contribution >= 4 is 10.0 Å². The van der Waals surface area contributed by atoms with Crippen molar-refractivity contribution in [3.8, 4) is 0 Å². The molecule has 130 valence electrons. The first-order valence-corrected chi connectivity index (χ1v) is 10.1. The third-order valence-electron chi connectivity index (χ3n) is 4.52. The molecule has 1 aromatic carbocycles. The van der Waals surface area contributed by atoms with E-state index in [0.717, 1.165) is 44.0 Å². The highest BCUT2D eigenvalue weighted by Gasteiger charge is 2.22. The summed E-state index contributed by atoms with van der Waals surface area (Å²) in [4.78, 5) is 2.84. The summed E-state index contributed by atoms with van der Waals surface area (Å²) in [5, 5.41) is 0. The van der Waals surface area contributed by atoms with Gasteiger partial charge in [0.15, 0.2) is 0 Å². The summed E-state index contributed by atoms with van der Waals surface area (Å²) in [6.07, 6.45) is 3.48. The molecule has 0 aromatic heterocycles. The second-order valence-electron chi connectivity index (χ2n) is 7.16. The Morgan fingerprint density at radius 2 is 1.96 bits per heavy atom. The Bertz CT molecular complexity index is 582. The van der Waals surface area contributed by atoms with E-state index in [1.54, 1.807) is 12.1 Å². The van der Waals surface area contributed by atoms with E-state index in [1.807, 2.05) is 19.1 Å². The number of likely N-dealkylation sites (tertiary alicyclic amines) is 1. The fourth-order valence-electron chi connectivity index (χ4n) is 2.99. The molecule has 0 aliphatic carbocycles.